The average Bonchev–Trinajstić information content (AvgIpc) is 3.48. The Labute approximate surface area is 216 Å². The number of Topliss-reactive ketones (excluding diaryl/α,β-unsaturated/α-hetero) is 1. The van der Waals surface area contributed by atoms with Crippen LogP contribution in [-0.4, -0.2) is 28.8 Å². The second-order valence-corrected chi connectivity index (χ2v) is 10.1. The molecular formula is C29H33N3O3S. The number of thiazole rings is 1. The lowest BCUT2D eigenvalue weighted by molar-refractivity contribution is -0.121. The van der Waals surface area contributed by atoms with Gasteiger partial charge in [-0.25, -0.2) is 4.98 Å². The topological polar surface area (TPSA) is 84.1 Å². The summed E-state index contributed by atoms with van der Waals surface area (Å²) in [5.41, 5.74) is 4.94. The molecule has 1 unspecified atom stereocenters. The molecule has 0 spiro atoms. The number of benzene rings is 2. The van der Waals surface area contributed by atoms with Gasteiger partial charge in [0.2, 0.25) is 5.91 Å². The summed E-state index contributed by atoms with van der Waals surface area (Å²) in [6.45, 7) is 3.63. The lowest BCUT2D eigenvalue weighted by atomic mass is 10.0. The number of nitrogens with zero attached hydrogens (tertiary/aromatic N) is 1. The SMILES string of the molecule is COc1ccc2[nH]c(C)c(CC(=O)NC(CCCCCC(C)=O)c3nc(-c4ccccc4)cs3)c2c1. The zero-order chi connectivity index (χ0) is 25.5. The van der Waals surface area contributed by atoms with Gasteiger partial charge in [0, 0.05) is 34.0 Å². The number of ketones is 1. The molecule has 0 aliphatic heterocycles. The maximum atomic E-state index is 13.3. The van der Waals surface area contributed by atoms with E-state index < -0.39 is 0 Å². The number of methoxy groups -OCH3 is 1. The van der Waals surface area contributed by atoms with E-state index in [2.05, 4.69) is 15.7 Å². The van der Waals surface area contributed by atoms with Crippen LogP contribution in [0.3, 0.4) is 0 Å². The first-order valence-corrected chi connectivity index (χ1v) is 13.3. The molecule has 4 rings (SSSR count). The van der Waals surface area contributed by atoms with Crippen LogP contribution in [0.15, 0.2) is 53.9 Å². The molecule has 0 saturated heterocycles. The normalized spacial score (nSPS) is 12.0. The standard InChI is InChI=1S/C29H33N3O3S/c1-19(33)10-6-4-9-13-26(29-32-27(18-36-29)21-11-7-5-8-12-21)31-28(34)17-23-20(2)30-25-15-14-22(35-3)16-24(23)25/h5,7-8,11-12,14-16,18,26,30H,4,6,9-10,13,17H2,1-3H3,(H,31,34). The van der Waals surface area contributed by atoms with Gasteiger partial charge in [0.05, 0.1) is 25.3 Å². The third-order valence-electron chi connectivity index (χ3n) is 6.41. The number of hydrogen-bond acceptors (Lipinski definition) is 5. The molecule has 36 heavy (non-hydrogen) atoms. The van der Waals surface area contributed by atoms with E-state index in [1.807, 2.05) is 55.5 Å². The molecule has 6 nitrogen and oxygen atoms in total. The molecule has 0 bridgehead atoms. The van der Waals surface area contributed by atoms with Gasteiger partial charge in [0.15, 0.2) is 0 Å². The van der Waals surface area contributed by atoms with Crippen molar-refractivity contribution in [2.45, 2.75) is 58.4 Å². The molecular weight excluding hydrogens is 470 g/mol. The van der Waals surface area contributed by atoms with Crippen LogP contribution in [0.5, 0.6) is 5.75 Å². The van der Waals surface area contributed by atoms with E-state index in [-0.39, 0.29) is 24.2 Å². The molecule has 2 aromatic carbocycles. The Morgan fingerprint density at radius 3 is 2.67 bits per heavy atom. The Bertz CT molecular complexity index is 1330. The first-order chi connectivity index (χ1) is 17.4. The smallest absolute Gasteiger partial charge is 0.225 e. The van der Waals surface area contributed by atoms with Gasteiger partial charge in [-0.05, 0) is 50.5 Å². The Balaban J connectivity index is 1.50. The van der Waals surface area contributed by atoms with Crippen molar-refractivity contribution in [1.82, 2.24) is 15.3 Å². The van der Waals surface area contributed by atoms with Crippen LogP contribution >= 0.6 is 11.3 Å². The minimum Gasteiger partial charge on any atom is -0.497 e. The lowest BCUT2D eigenvalue weighted by Gasteiger charge is -2.17. The van der Waals surface area contributed by atoms with Crippen molar-refractivity contribution in [3.05, 3.63) is 70.2 Å². The van der Waals surface area contributed by atoms with Crippen molar-refractivity contribution in [3.63, 3.8) is 0 Å². The van der Waals surface area contributed by atoms with E-state index in [1.54, 1.807) is 25.4 Å². The van der Waals surface area contributed by atoms with Crippen LogP contribution < -0.4 is 10.1 Å². The molecule has 0 fully saturated rings. The highest BCUT2D eigenvalue weighted by atomic mass is 32.1. The molecule has 2 aromatic heterocycles. The Kier molecular flexibility index (Phi) is 8.54. The highest BCUT2D eigenvalue weighted by Gasteiger charge is 2.21. The fourth-order valence-corrected chi connectivity index (χ4v) is 5.38. The van der Waals surface area contributed by atoms with Crippen LogP contribution in [-0.2, 0) is 16.0 Å². The number of H-pyrrole nitrogens is 1. The van der Waals surface area contributed by atoms with Crippen LogP contribution in [0.25, 0.3) is 22.2 Å². The molecule has 188 valence electrons. The molecule has 4 aromatic rings. The number of aromatic amines is 1. The lowest BCUT2D eigenvalue weighted by Crippen LogP contribution is -2.30. The van der Waals surface area contributed by atoms with Crippen LogP contribution in [0.4, 0.5) is 0 Å². The van der Waals surface area contributed by atoms with Crippen molar-refractivity contribution in [1.29, 1.82) is 0 Å². The number of fused-ring (bicyclic) bond motifs is 1. The van der Waals surface area contributed by atoms with Crippen molar-refractivity contribution in [2.75, 3.05) is 7.11 Å². The van der Waals surface area contributed by atoms with Crippen molar-refractivity contribution < 1.29 is 14.3 Å². The van der Waals surface area contributed by atoms with Crippen molar-refractivity contribution in [3.8, 4) is 17.0 Å². The Hall–Kier alpha value is -3.45. The third kappa shape index (κ3) is 6.40. The van der Waals surface area contributed by atoms with Gasteiger partial charge in [-0.3, -0.25) is 4.79 Å². The van der Waals surface area contributed by atoms with E-state index in [9.17, 15) is 9.59 Å². The molecule has 0 aliphatic carbocycles. The summed E-state index contributed by atoms with van der Waals surface area (Å²) in [4.78, 5) is 32.8. The average molecular weight is 504 g/mol. The van der Waals surface area contributed by atoms with E-state index >= 15 is 0 Å². The zero-order valence-electron chi connectivity index (χ0n) is 21.1. The summed E-state index contributed by atoms with van der Waals surface area (Å²) in [6, 6.07) is 15.8. The minimum atomic E-state index is -0.169. The van der Waals surface area contributed by atoms with Gasteiger partial charge >= 0.3 is 0 Å². The fourth-order valence-electron chi connectivity index (χ4n) is 4.47. The molecule has 2 N–H and O–H groups in total. The highest BCUT2D eigenvalue weighted by Crippen LogP contribution is 2.30. The van der Waals surface area contributed by atoms with Crippen LogP contribution in [0.2, 0.25) is 0 Å². The molecule has 0 aliphatic rings. The summed E-state index contributed by atoms with van der Waals surface area (Å²) in [5.74, 6) is 0.952. The van der Waals surface area contributed by atoms with Crippen LogP contribution in [0.1, 0.15) is 61.3 Å². The number of carbonyl (C=O) groups is 2. The van der Waals surface area contributed by atoms with Gasteiger partial charge in [-0.1, -0.05) is 43.2 Å². The summed E-state index contributed by atoms with van der Waals surface area (Å²) < 4.78 is 5.39. The van der Waals surface area contributed by atoms with Crippen LogP contribution in [0, 0.1) is 6.92 Å². The molecule has 1 amide bonds. The Morgan fingerprint density at radius 1 is 1.11 bits per heavy atom. The fraction of sp³-hybridized carbons (Fsp3) is 0.345. The van der Waals surface area contributed by atoms with E-state index in [0.29, 0.717) is 6.42 Å². The quantitative estimate of drug-likeness (QED) is 0.215. The van der Waals surface area contributed by atoms with E-state index in [0.717, 1.165) is 69.9 Å². The zero-order valence-corrected chi connectivity index (χ0v) is 21.9. The summed E-state index contributed by atoms with van der Waals surface area (Å²) >= 11 is 1.58. The number of nitrogens with one attached hydrogen (secondary N) is 2. The molecule has 0 saturated carbocycles. The second-order valence-electron chi connectivity index (χ2n) is 9.18. The van der Waals surface area contributed by atoms with Gasteiger partial charge in [-0.15, -0.1) is 11.3 Å². The van der Waals surface area contributed by atoms with Gasteiger partial charge in [-0.2, -0.15) is 0 Å². The summed E-state index contributed by atoms with van der Waals surface area (Å²) in [6.07, 6.45) is 4.41. The number of carbonyl (C=O) groups excluding carboxylic acids is 2. The van der Waals surface area contributed by atoms with E-state index in [4.69, 9.17) is 9.72 Å². The van der Waals surface area contributed by atoms with Gasteiger partial charge in [0.25, 0.3) is 0 Å². The molecule has 1 atom stereocenters. The molecule has 7 heteroatoms. The largest absolute Gasteiger partial charge is 0.497 e. The maximum Gasteiger partial charge on any atom is 0.225 e. The third-order valence-corrected chi connectivity index (χ3v) is 7.37. The number of hydrogen-bond donors (Lipinski definition) is 2. The number of rotatable bonds is 12. The van der Waals surface area contributed by atoms with Crippen molar-refractivity contribution >= 4 is 33.9 Å². The van der Waals surface area contributed by atoms with E-state index in [1.165, 1.54) is 0 Å². The first kappa shape index (κ1) is 25.6. The molecule has 0 radical (unpaired) electrons. The minimum absolute atomic E-state index is 0.0352. The summed E-state index contributed by atoms with van der Waals surface area (Å²) in [7, 11) is 1.64. The monoisotopic (exact) mass is 503 g/mol. The predicted molar refractivity (Wildman–Crippen MR) is 145 cm³/mol. The molecule has 2 heterocycles. The number of ether oxygens (including phenoxy) is 1. The van der Waals surface area contributed by atoms with Gasteiger partial charge in [0.1, 0.15) is 16.5 Å². The second kappa shape index (κ2) is 12.0. The summed E-state index contributed by atoms with van der Waals surface area (Å²) in [5, 5.41) is 7.22. The number of unbranched alkanes of at least 4 members (excludes halogenated alkanes) is 2. The first-order valence-electron chi connectivity index (χ1n) is 12.4. The number of aromatic nitrogens is 2. The number of amides is 1. The maximum absolute atomic E-state index is 13.3. The highest BCUT2D eigenvalue weighted by molar-refractivity contribution is 7.10. The predicted octanol–water partition coefficient (Wildman–Crippen LogP) is 6.55. The van der Waals surface area contributed by atoms with Gasteiger partial charge < -0.3 is 19.8 Å². The Morgan fingerprint density at radius 2 is 1.92 bits per heavy atom. The number of aryl methyl sites for hydroxylation is 1. The van der Waals surface area contributed by atoms with Crippen molar-refractivity contribution in [2.24, 2.45) is 0 Å².